The van der Waals surface area contributed by atoms with Gasteiger partial charge >= 0.3 is 7.82 Å². The Kier molecular flexibility index (Phi) is 21.8. The van der Waals surface area contributed by atoms with Crippen molar-refractivity contribution < 1.29 is 97.5 Å². The minimum absolute atomic E-state index is 0.00356. The Labute approximate surface area is 378 Å². The quantitative estimate of drug-likeness (QED) is 0.0218. The lowest BCUT2D eigenvalue weighted by atomic mass is 9.61. The molecule has 0 bridgehead atoms. The highest BCUT2D eigenvalue weighted by Gasteiger charge is 2.66. The number of nitrogens with zero attached hydrogens (tertiary/aromatic N) is 2. The molecule has 25 heteroatoms. The Morgan fingerprint density at radius 2 is 1.45 bits per heavy atom. The largest absolute Gasteiger partial charge is 0.472 e. The molecule has 3 saturated heterocycles. The van der Waals surface area contributed by atoms with Crippen LogP contribution in [0.2, 0.25) is 0 Å². The minimum atomic E-state index is -4.72. The first kappa shape index (κ1) is 55.1. The van der Waals surface area contributed by atoms with E-state index in [4.69, 9.17) is 28.0 Å². The third-order valence-corrected chi connectivity index (χ3v) is 13.4. The van der Waals surface area contributed by atoms with Gasteiger partial charge in [-0.1, -0.05) is 12.8 Å². The van der Waals surface area contributed by atoms with E-state index in [1.165, 1.54) is 16.7 Å². The lowest BCUT2D eigenvalue weighted by Crippen LogP contribution is -2.82. The molecule has 1 saturated carbocycles. The predicted octanol–water partition coefficient (Wildman–Crippen LogP) is -3.28. The zero-order chi connectivity index (χ0) is 48.1. The van der Waals surface area contributed by atoms with Gasteiger partial charge in [-0.25, -0.2) is 4.57 Å². The van der Waals surface area contributed by atoms with E-state index in [9.17, 15) is 69.5 Å². The lowest BCUT2D eigenvalue weighted by molar-refractivity contribution is -0.281. The van der Waals surface area contributed by atoms with Gasteiger partial charge in [-0.15, -0.1) is 0 Å². The molecular formula is C40H71N4O20P. The molecule has 0 radical (unpaired) electrons. The summed E-state index contributed by atoms with van der Waals surface area (Å²) in [5.74, 6) is -2.68. The van der Waals surface area contributed by atoms with Gasteiger partial charge in [0.15, 0.2) is 12.6 Å². The van der Waals surface area contributed by atoms with Gasteiger partial charge in [-0.2, -0.15) is 0 Å². The van der Waals surface area contributed by atoms with Gasteiger partial charge in [0, 0.05) is 65.5 Å². The molecular weight excluding hydrogens is 887 g/mol. The van der Waals surface area contributed by atoms with Crippen LogP contribution >= 0.6 is 7.82 Å². The fraction of sp³-hybridized carbons (Fsp3) is 0.900. The number of ether oxygens (including phenoxy) is 4. The molecule has 24 nitrogen and oxygen atoms in total. The van der Waals surface area contributed by atoms with Gasteiger partial charge in [-0.05, 0) is 45.4 Å². The summed E-state index contributed by atoms with van der Waals surface area (Å²) < 4.78 is 46.3. The van der Waals surface area contributed by atoms with Crippen LogP contribution in [0.15, 0.2) is 0 Å². The molecule has 4 rings (SSSR count). The first-order valence-corrected chi connectivity index (χ1v) is 23.9. The van der Waals surface area contributed by atoms with Crippen molar-refractivity contribution in [2.45, 2.75) is 164 Å². The molecule has 1 aliphatic carbocycles. The highest BCUT2D eigenvalue weighted by Crippen LogP contribution is 2.47. The molecule has 0 aromatic rings. The van der Waals surface area contributed by atoms with Crippen molar-refractivity contribution in [2.75, 3.05) is 59.3 Å². The zero-order valence-corrected chi connectivity index (χ0v) is 38.2. The van der Waals surface area contributed by atoms with Gasteiger partial charge in [0.2, 0.25) is 23.6 Å². The summed E-state index contributed by atoms with van der Waals surface area (Å²) in [5.41, 5.74) is -1.79. The van der Waals surface area contributed by atoms with E-state index >= 15 is 0 Å². The van der Waals surface area contributed by atoms with Crippen molar-refractivity contribution in [2.24, 2.45) is 5.92 Å². The van der Waals surface area contributed by atoms with Crippen molar-refractivity contribution in [1.29, 1.82) is 0 Å². The van der Waals surface area contributed by atoms with Crippen LogP contribution in [0.3, 0.4) is 0 Å². The molecule has 376 valence electrons. The van der Waals surface area contributed by atoms with Gasteiger partial charge in [0.05, 0.1) is 56.8 Å². The fourth-order valence-corrected chi connectivity index (χ4v) is 9.92. The van der Waals surface area contributed by atoms with Crippen LogP contribution in [0.5, 0.6) is 0 Å². The van der Waals surface area contributed by atoms with E-state index in [0.29, 0.717) is 45.1 Å². The Balaban J connectivity index is 1.18. The molecule has 3 heterocycles. The molecule has 4 aliphatic rings. The number of likely N-dealkylation sites (tertiary alicyclic amines) is 2. The number of unbranched alkanes of at least 4 members (excludes halogenated alkanes) is 4. The second-order valence-electron chi connectivity index (χ2n) is 17.2. The van der Waals surface area contributed by atoms with Crippen molar-refractivity contribution in [3.63, 3.8) is 0 Å². The number of nitrogens with one attached hydrogen (secondary N) is 2. The normalized spacial score (nSPS) is 33.9. The molecule has 4 fully saturated rings. The van der Waals surface area contributed by atoms with Crippen LogP contribution in [0.1, 0.15) is 85.0 Å². The lowest BCUT2D eigenvalue weighted by Gasteiger charge is -2.57. The minimum Gasteiger partial charge on any atom is -0.396 e. The third kappa shape index (κ3) is 14.8. The Morgan fingerprint density at radius 3 is 2.05 bits per heavy atom. The van der Waals surface area contributed by atoms with E-state index in [0.717, 1.165) is 6.92 Å². The fourth-order valence-electron chi connectivity index (χ4n) is 8.97. The molecule has 11 N–H and O–H groups in total. The third-order valence-electron chi connectivity index (χ3n) is 12.4. The van der Waals surface area contributed by atoms with Gasteiger partial charge in [-0.3, -0.25) is 28.2 Å². The number of aliphatic hydroxyl groups excluding tert-OH is 8. The van der Waals surface area contributed by atoms with Crippen molar-refractivity contribution >= 4 is 31.5 Å². The highest BCUT2D eigenvalue weighted by atomic mass is 31.2. The summed E-state index contributed by atoms with van der Waals surface area (Å²) >= 11 is 0. The van der Waals surface area contributed by atoms with E-state index in [1.807, 2.05) is 0 Å². The maximum absolute atomic E-state index is 13.4. The molecule has 11 unspecified atom stereocenters. The number of hydrogen-bond acceptors (Lipinski definition) is 19. The Morgan fingerprint density at radius 1 is 0.815 bits per heavy atom. The topological polar surface area (TPSA) is 353 Å². The first-order valence-electron chi connectivity index (χ1n) is 22.4. The monoisotopic (exact) mass is 958 g/mol. The number of carbonyl (C=O) groups is 4. The standard InChI is InChI=1S/C40H71N4O20P/c1-4-59-21-26-16-28(18-44(26)32(51)12-8-6-10-14-61-39(56)40(42-24(3)48)29(19-45)34(52)37(40)55)64-65(57,58)62-22-25-15-27(49)17-43(25)31(50)11-7-5-9-13-60-38-33(41-23(2)47)36(54)35(53)30(20-46)63-38/h25-30,33-39,45-46,49,52-56H,4-22H2,1-3H3,(H,41,47)(H,42,48)(H,57,58)/t25-,26-,27+,28+,29?,30?,33?,34?,35?,36?,37?,38?,39?,40?/m0/s1. The molecule has 15 atom stereocenters. The zero-order valence-electron chi connectivity index (χ0n) is 37.3. The average molecular weight is 959 g/mol. The number of amides is 4. The molecule has 0 aromatic heterocycles. The number of β-amino-alcohol motifs (C(OH)–C–C–N with tert-alkyl or cyclic N) is 1. The maximum atomic E-state index is 13.4. The predicted molar refractivity (Wildman–Crippen MR) is 223 cm³/mol. The summed E-state index contributed by atoms with van der Waals surface area (Å²) in [6.07, 6.45) is -8.37. The molecule has 4 amide bonds. The molecule has 0 aromatic carbocycles. The summed E-state index contributed by atoms with van der Waals surface area (Å²) in [6, 6.07) is -2.24. The number of carbonyl (C=O) groups excluding carboxylic acids is 4. The van der Waals surface area contributed by atoms with E-state index in [2.05, 4.69) is 10.6 Å². The van der Waals surface area contributed by atoms with Gasteiger partial charge in [0.1, 0.15) is 36.0 Å². The second-order valence-corrected chi connectivity index (χ2v) is 18.6. The van der Waals surface area contributed by atoms with Gasteiger partial charge < -0.3 is 85.1 Å². The van der Waals surface area contributed by atoms with Gasteiger partial charge in [0.25, 0.3) is 0 Å². The van der Waals surface area contributed by atoms with Crippen LogP contribution < -0.4 is 10.6 Å². The van der Waals surface area contributed by atoms with Crippen LogP contribution in [-0.4, -0.2) is 217 Å². The number of phosphoric ester groups is 1. The number of aliphatic hydroxyl groups is 8. The van der Waals surface area contributed by atoms with E-state index in [-0.39, 0.29) is 70.4 Å². The molecule has 3 aliphatic heterocycles. The van der Waals surface area contributed by atoms with Crippen LogP contribution in [0, 0.1) is 5.92 Å². The number of hydrogen-bond donors (Lipinski definition) is 11. The smallest absolute Gasteiger partial charge is 0.396 e. The number of phosphoric acid groups is 1. The van der Waals surface area contributed by atoms with Crippen molar-refractivity contribution in [3.05, 3.63) is 0 Å². The van der Waals surface area contributed by atoms with Crippen LogP contribution in [-0.2, 0) is 51.7 Å². The first-order chi connectivity index (χ1) is 30.8. The van der Waals surface area contributed by atoms with E-state index < -0.39 is 124 Å². The summed E-state index contributed by atoms with van der Waals surface area (Å²) in [6.45, 7) is 3.21. The summed E-state index contributed by atoms with van der Waals surface area (Å²) in [7, 11) is -4.72. The number of rotatable bonds is 27. The summed E-state index contributed by atoms with van der Waals surface area (Å²) in [4.78, 5) is 63.6. The van der Waals surface area contributed by atoms with Crippen molar-refractivity contribution in [3.8, 4) is 0 Å². The van der Waals surface area contributed by atoms with Crippen LogP contribution in [0.4, 0.5) is 0 Å². The average Bonchev–Trinajstić information content (AvgIpc) is 3.84. The van der Waals surface area contributed by atoms with Crippen molar-refractivity contribution in [1.82, 2.24) is 20.4 Å². The SMILES string of the molecule is CCOC[C@@H]1C[C@@H](OP(=O)(O)OC[C@@H]2C[C@@H](O)CN2C(=O)CCCCCOC2OC(CO)C(O)C(O)C2NC(C)=O)CN1C(=O)CCCCCOC(O)C1(NC(C)=O)C(O)C(O)C1CO. The van der Waals surface area contributed by atoms with E-state index in [1.54, 1.807) is 6.92 Å². The highest BCUT2D eigenvalue weighted by molar-refractivity contribution is 7.47. The Hall–Kier alpha value is -2.49. The Bertz CT molecular complexity index is 1590. The molecule has 65 heavy (non-hydrogen) atoms. The molecule has 0 spiro atoms. The second kappa shape index (κ2) is 25.8. The van der Waals surface area contributed by atoms with Crippen LogP contribution in [0.25, 0.3) is 0 Å². The summed E-state index contributed by atoms with van der Waals surface area (Å²) in [5, 5.41) is 86.2. The maximum Gasteiger partial charge on any atom is 0.472 e.